The number of aliphatic imine (C=N–C) groups is 1. The lowest BCUT2D eigenvalue weighted by atomic mass is 10.2. The maximum absolute atomic E-state index is 13.1. The van der Waals surface area contributed by atoms with Crippen LogP contribution in [0.25, 0.3) is 0 Å². The maximum Gasteiger partial charge on any atom is 0.191 e. The number of guanidine groups is 1. The molecule has 1 unspecified atom stereocenters. The number of nitrogens with one attached hydrogen (secondary N) is 2. The monoisotopic (exact) mass is 390 g/mol. The fourth-order valence-electron chi connectivity index (χ4n) is 4.19. The summed E-state index contributed by atoms with van der Waals surface area (Å²) in [5.74, 6) is 0.721. The van der Waals surface area contributed by atoms with Crippen molar-refractivity contribution in [3.63, 3.8) is 0 Å². The molecule has 2 aliphatic rings. The van der Waals surface area contributed by atoms with Crippen molar-refractivity contribution in [2.75, 3.05) is 70.9 Å². The molecule has 1 atom stereocenters. The van der Waals surface area contributed by atoms with Crippen molar-refractivity contribution in [2.45, 2.75) is 25.8 Å². The van der Waals surface area contributed by atoms with Gasteiger partial charge in [-0.2, -0.15) is 0 Å². The van der Waals surface area contributed by atoms with E-state index in [0.717, 1.165) is 64.0 Å². The van der Waals surface area contributed by atoms with Crippen LogP contribution in [0.4, 0.5) is 10.1 Å². The largest absolute Gasteiger partial charge is 0.369 e. The highest BCUT2D eigenvalue weighted by Gasteiger charge is 2.22. The van der Waals surface area contributed by atoms with Crippen molar-refractivity contribution >= 4 is 11.6 Å². The van der Waals surface area contributed by atoms with E-state index in [-0.39, 0.29) is 5.82 Å². The predicted molar refractivity (Wildman–Crippen MR) is 115 cm³/mol. The Bertz CT molecular complexity index is 612. The summed E-state index contributed by atoms with van der Waals surface area (Å²) < 4.78 is 13.1. The molecule has 0 bridgehead atoms. The van der Waals surface area contributed by atoms with E-state index in [4.69, 9.17) is 0 Å². The molecule has 28 heavy (non-hydrogen) atoms. The molecule has 3 rings (SSSR count). The van der Waals surface area contributed by atoms with E-state index < -0.39 is 0 Å². The topological polar surface area (TPSA) is 46.1 Å². The summed E-state index contributed by atoms with van der Waals surface area (Å²) >= 11 is 0. The molecule has 156 valence electrons. The van der Waals surface area contributed by atoms with Gasteiger partial charge in [0.15, 0.2) is 5.96 Å². The molecular formula is C21H35FN6. The molecule has 0 aliphatic carbocycles. The van der Waals surface area contributed by atoms with Gasteiger partial charge in [-0.25, -0.2) is 4.39 Å². The number of likely N-dealkylation sites (tertiary alicyclic amines) is 1. The number of likely N-dealkylation sites (N-methyl/N-ethyl adjacent to an activating group) is 1. The number of piperazine rings is 1. The lowest BCUT2D eigenvalue weighted by molar-refractivity contribution is 0.260. The van der Waals surface area contributed by atoms with Gasteiger partial charge < -0.3 is 15.5 Å². The maximum atomic E-state index is 13.1. The van der Waals surface area contributed by atoms with Crippen LogP contribution in [0, 0.1) is 5.82 Å². The van der Waals surface area contributed by atoms with E-state index in [9.17, 15) is 4.39 Å². The van der Waals surface area contributed by atoms with Gasteiger partial charge in [-0.1, -0.05) is 6.92 Å². The van der Waals surface area contributed by atoms with Crippen molar-refractivity contribution < 1.29 is 4.39 Å². The Morgan fingerprint density at radius 2 is 1.86 bits per heavy atom. The SMILES string of the molecule is CCN1CCCC1CNC(=NC)NCCN1CCN(c2ccc(F)cc2)CC1. The van der Waals surface area contributed by atoms with Crippen LogP contribution in [0.3, 0.4) is 0 Å². The first-order chi connectivity index (χ1) is 13.7. The Kier molecular flexibility index (Phi) is 7.91. The highest BCUT2D eigenvalue weighted by Crippen LogP contribution is 2.17. The lowest BCUT2D eigenvalue weighted by Gasteiger charge is -2.36. The minimum Gasteiger partial charge on any atom is -0.369 e. The minimum absolute atomic E-state index is 0.175. The van der Waals surface area contributed by atoms with Gasteiger partial charge in [-0.3, -0.25) is 14.8 Å². The van der Waals surface area contributed by atoms with Gasteiger partial charge in [0.2, 0.25) is 0 Å². The molecule has 1 aromatic rings. The highest BCUT2D eigenvalue weighted by molar-refractivity contribution is 5.79. The molecule has 2 aliphatic heterocycles. The van der Waals surface area contributed by atoms with E-state index in [1.165, 1.54) is 31.5 Å². The van der Waals surface area contributed by atoms with Crippen molar-refractivity contribution in [1.82, 2.24) is 20.4 Å². The number of anilines is 1. The van der Waals surface area contributed by atoms with Crippen LogP contribution in [-0.2, 0) is 0 Å². The molecule has 2 heterocycles. The average Bonchev–Trinajstić information content (AvgIpc) is 3.19. The van der Waals surface area contributed by atoms with Crippen molar-refractivity contribution in [2.24, 2.45) is 4.99 Å². The van der Waals surface area contributed by atoms with E-state index in [1.54, 1.807) is 0 Å². The third-order valence-electron chi connectivity index (χ3n) is 5.92. The summed E-state index contributed by atoms with van der Waals surface area (Å²) in [6, 6.07) is 7.44. The Morgan fingerprint density at radius 3 is 2.54 bits per heavy atom. The first-order valence-electron chi connectivity index (χ1n) is 10.6. The smallest absolute Gasteiger partial charge is 0.191 e. The number of rotatable bonds is 7. The molecule has 0 saturated carbocycles. The van der Waals surface area contributed by atoms with Crippen molar-refractivity contribution in [3.05, 3.63) is 30.1 Å². The first kappa shape index (κ1) is 20.9. The van der Waals surface area contributed by atoms with E-state index in [0.29, 0.717) is 6.04 Å². The van der Waals surface area contributed by atoms with E-state index in [1.807, 2.05) is 19.2 Å². The standard InChI is InChI=1S/C21H35FN6/c1-3-27-11-4-5-20(27)17-25-21(23-2)24-10-12-26-13-15-28(16-14-26)19-8-6-18(22)7-9-19/h6-9,20H,3-5,10-17H2,1-2H3,(H2,23,24,25). The van der Waals surface area contributed by atoms with E-state index >= 15 is 0 Å². The molecule has 0 spiro atoms. The molecule has 0 aromatic heterocycles. The van der Waals surface area contributed by atoms with Crippen LogP contribution >= 0.6 is 0 Å². The lowest BCUT2D eigenvalue weighted by Crippen LogP contribution is -2.50. The number of nitrogens with zero attached hydrogens (tertiary/aromatic N) is 4. The summed E-state index contributed by atoms with van der Waals surface area (Å²) in [4.78, 5) is 11.7. The predicted octanol–water partition coefficient (Wildman–Crippen LogP) is 1.60. The van der Waals surface area contributed by atoms with Crippen molar-refractivity contribution in [1.29, 1.82) is 0 Å². The second-order valence-corrected chi connectivity index (χ2v) is 7.61. The van der Waals surface area contributed by atoms with Gasteiger partial charge in [0.25, 0.3) is 0 Å². The summed E-state index contributed by atoms with van der Waals surface area (Å²) in [7, 11) is 1.84. The van der Waals surface area contributed by atoms with E-state index in [2.05, 4.69) is 37.2 Å². The Hall–Kier alpha value is -1.86. The second-order valence-electron chi connectivity index (χ2n) is 7.61. The van der Waals surface area contributed by atoms with Gasteiger partial charge in [0.1, 0.15) is 5.82 Å². The third-order valence-corrected chi connectivity index (χ3v) is 5.92. The Morgan fingerprint density at radius 1 is 1.11 bits per heavy atom. The number of hydrogen-bond acceptors (Lipinski definition) is 4. The number of halogens is 1. The molecule has 2 fully saturated rings. The summed E-state index contributed by atoms with van der Waals surface area (Å²) in [6.45, 7) is 11.4. The summed E-state index contributed by atoms with van der Waals surface area (Å²) in [5, 5.41) is 6.93. The zero-order valence-corrected chi connectivity index (χ0v) is 17.3. The van der Waals surface area contributed by atoms with Gasteiger partial charge in [0.05, 0.1) is 0 Å². The Labute approximate surface area is 168 Å². The van der Waals surface area contributed by atoms with Crippen LogP contribution in [0.1, 0.15) is 19.8 Å². The molecule has 2 saturated heterocycles. The quantitative estimate of drug-likeness (QED) is 0.547. The Balaban J connectivity index is 1.33. The van der Waals surface area contributed by atoms with Gasteiger partial charge >= 0.3 is 0 Å². The van der Waals surface area contributed by atoms with Crippen LogP contribution in [0.5, 0.6) is 0 Å². The van der Waals surface area contributed by atoms with Crippen LogP contribution in [0.2, 0.25) is 0 Å². The molecule has 6 nitrogen and oxygen atoms in total. The first-order valence-corrected chi connectivity index (χ1v) is 10.6. The minimum atomic E-state index is -0.175. The number of benzene rings is 1. The normalized spacial score (nSPS) is 21.9. The van der Waals surface area contributed by atoms with Gasteiger partial charge in [0, 0.05) is 64.6 Å². The molecule has 0 amide bonds. The second kappa shape index (κ2) is 10.6. The zero-order chi connectivity index (χ0) is 19.8. The summed E-state index contributed by atoms with van der Waals surface area (Å²) in [5.41, 5.74) is 1.11. The third kappa shape index (κ3) is 5.82. The van der Waals surface area contributed by atoms with Crippen LogP contribution in [0.15, 0.2) is 29.3 Å². The summed E-state index contributed by atoms with van der Waals surface area (Å²) in [6.07, 6.45) is 2.58. The molecule has 7 heteroatoms. The molecular weight excluding hydrogens is 355 g/mol. The van der Waals surface area contributed by atoms with Gasteiger partial charge in [-0.05, 0) is 50.2 Å². The van der Waals surface area contributed by atoms with Crippen LogP contribution < -0.4 is 15.5 Å². The highest BCUT2D eigenvalue weighted by atomic mass is 19.1. The number of hydrogen-bond donors (Lipinski definition) is 2. The molecule has 0 radical (unpaired) electrons. The fourth-order valence-corrected chi connectivity index (χ4v) is 4.19. The van der Waals surface area contributed by atoms with Crippen LogP contribution in [-0.4, -0.2) is 87.8 Å². The molecule has 1 aromatic carbocycles. The van der Waals surface area contributed by atoms with Gasteiger partial charge in [-0.15, -0.1) is 0 Å². The molecule has 2 N–H and O–H groups in total. The fraction of sp³-hybridized carbons (Fsp3) is 0.667. The average molecular weight is 391 g/mol. The van der Waals surface area contributed by atoms with Crippen molar-refractivity contribution in [3.8, 4) is 0 Å². The zero-order valence-electron chi connectivity index (χ0n) is 17.3.